The molecule has 0 aliphatic rings. The van der Waals surface area contributed by atoms with Crippen LogP contribution in [-0.2, 0) is 25.5 Å². The van der Waals surface area contributed by atoms with Crippen LogP contribution in [0.5, 0.6) is 0 Å². The number of carbonyl (C=O) groups excluding carboxylic acids is 1. The highest BCUT2D eigenvalue weighted by Gasteiger charge is 2.33. The molecule has 0 heterocycles. The number of carbonyl (C=O) groups is 3. The molecule has 0 saturated carbocycles. The minimum atomic E-state index is -4.33. The van der Waals surface area contributed by atoms with E-state index in [4.69, 9.17) is 9.84 Å². The number of nitrogens with one attached hydrogen (secondary N) is 1. The summed E-state index contributed by atoms with van der Waals surface area (Å²) >= 11 is 0. The first-order chi connectivity index (χ1) is 13.0. The van der Waals surface area contributed by atoms with Crippen molar-refractivity contribution in [3.63, 3.8) is 0 Å². The molecule has 5 N–H and O–H groups in total. The van der Waals surface area contributed by atoms with Crippen LogP contribution in [0, 0.1) is 0 Å². The van der Waals surface area contributed by atoms with E-state index in [-0.39, 0.29) is 12.2 Å². The van der Waals surface area contributed by atoms with Crippen molar-refractivity contribution in [2.75, 3.05) is 6.16 Å². The molecule has 1 amide bonds. The van der Waals surface area contributed by atoms with Crippen molar-refractivity contribution < 1.29 is 43.9 Å². The number of hydrogen-bond donors (Lipinski definition) is 5. The zero-order valence-corrected chi connectivity index (χ0v) is 15.9. The second kappa shape index (κ2) is 10.6. The second-order valence-corrected chi connectivity index (χ2v) is 8.41. The monoisotopic (exact) mass is 415 g/mol. The van der Waals surface area contributed by atoms with Crippen LogP contribution in [0.2, 0.25) is 0 Å². The third-order valence-corrected chi connectivity index (χ3v) is 5.75. The zero-order valence-electron chi connectivity index (χ0n) is 15.0. The van der Waals surface area contributed by atoms with Gasteiger partial charge in [0.05, 0.1) is 0 Å². The fraction of sp³-hybridized carbons (Fsp3) is 0.353. The Morgan fingerprint density at radius 3 is 2.36 bits per heavy atom. The molecule has 0 aromatic heterocycles. The number of aliphatic hydroxyl groups is 1. The number of rotatable bonds is 10. The lowest BCUT2D eigenvalue weighted by Gasteiger charge is -2.21. The van der Waals surface area contributed by atoms with Gasteiger partial charge in [-0.1, -0.05) is 30.3 Å². The normalized spacial score (nSPS) is 15.8. The second-order valence-electron chi connectivity index (χ2n) is 5.97. The van der Waals surface area contributed by atoms with E-state index in [2.05, 4.69) is 5.32 Å². The van der Waals surface area contributed by atoms with Gasteiger partial charge in [0.2, 0.25) is 7.37 Å². The summed E-state index contributed by atoms with van der Waals surface area (Å²) in [6.07, 6.45) is -1.57. The van der Waals surface area contributed by atoms with Crippen molar-refractivity contribution in [2.45, 2.75) is 31.8 Å². The first kappa shape index (κ1) is 23.4. The summed E-state index contributed by atoms with van der Waals surface area (Å²) in [5.74, 6) is -4.81. The number of benzene rings is 1. The standard InChI is InChI=1S/C17H22NO9P/c1-11(9-14(19)20)16(23)28(25,26)8-7-13(15(21)22)18-17(24)27-10-12-5-3-2-4-6-12/h2-6,9,13,16,23H,7-8,10H2,1H3,(H,18,24)(H,19,20)(H,21,22)(H,25,26)/b11-9+/t13-,16?/m0/s1. The molecule has 0 radical (unpaired) electrons. The molecule has 1 rings (SSSR count). The number of carboxylic acid groups (broad SMARTS) is 2. The number of alkyl carbamates (subject to hydrolysis) is 1. The maximum absolute atomic E-state index is 12.2. The van der Waals surface area contributed by atoms with E-state index in [0.717, 1.165) is 6.92 Å². The van der Waals surface area contributed by atoms with Gasteiger partial charge in [-0.05, 0) is 24.5 Å². The van der Waals surface area contributed by atoms with E-state index in [1.54, 1.807) is 30.3 Å². The summed E-state index contributed by atoms with van der Waals surface area (Å²) in [6, 6.07) is 7.14. The molecule has 0 bridgehead atoms. The molecule has 0 aliphatic heterocycles. The zero-order chi connectivity index (χ0) is 21.3. The molecule has 0 saturated heterocycles. The van der Waals surface area contributed by atoms with Crippen molar-refractivity contribution in [3.8, 4) is 0 Å². The summed E-state index contributed by atoms with van der Waals surface area (Å²) in [4.78, 5) is 43.6. The van der Waals surface area contributed by atoms with Crippen molar-refractivity contribution >= 4 is 25.4 Å². The van der Waals surface area contributed by atoms with Gasteiger partial charge in [-0.3, -0.25) is 4.57 Å². The van der Waals surface area contributed by atoms with E-state index in [9.17, 15) is 34.1 Å². The van der Waals surface area contributed by atoms with Crippen molar-refractivity contribution in [3.05, 3.63) is 47.5 Å². The van der Waals surface area contributed by atoms with Gasteiger partial charge in [-0.2, -0.15) is 0 Å². The van der Waals surface area contributed by atoms with Crippen LogP contribution in [0.4, 0.5) is 4.79 Å². The number of ether oxygens (including phenoxy) is 1. The van der Waals surface area contributed by atoms with Crippen LogP contribution < -0.4 is 5.32 Å². The molecule has 28 heavy (non-hydrogen) atoms. The quantitative estimate of drug-likeness (QED) is 0.280. The Labute approximate surface area is 160 Å². The first-order valence-electron chi connectivity index (χ1n) is 8.13. The SMILES string of the molecule is C/C(=C\C(=O)O)C(O)P(=O)(O)CC[C@H](NC(=O)OCc1ccccc1)C(=O)O. The van der Waals surface area contributed by atoms with E-state index < -0.39 is 49.9 Å². The summed E-state index contributed by atoms with van der Waals surface area (Å²) in [7, 11) is -4.33. The lowest BCUT2D eigenvalue weighted by molar-refractivity contribution is -0.139. The average Bonchev–Trinajstić information content (AvgIpc) is 2.62. The molecule has 1 aromatic rings. The molecule has 154 valence electrons. The minimum absolute atomic E-state index is 0.0879. The molecule has 2 unspecified atom stereocenters. The van der Waals surface area contributed by atoms with E-state index in [0.29, 0.717) is 11.6 Å². The maximum atomic E-state index is 12.2. The summed E-state index contributed by atoms with van der Waals surface area (Å²) in [6.45, 7) is 1.07. The Hall–Kier alpha value is -2.68. The van der Waals surface area contributed by atoms with Crippen molar-refractivity contribution in [2.24, 2.45) is 0 Å². The van der Waals surface area contributed by atoms with E-state index >= 15 is 0 Å². The summed E-state index contributed by atoms with van der Waals surface area (Å²) in [5.41, 5.74) is 0.439. The molecule has 3 atom stereocenters. The largest absolute Gasteiger partial charge is 0.480 e. The van der Waals surface area contributed by atoms with Gasteiger partial charge >= 0.3 is 18.0 Å². The topological polar surface area (TPSA) is 170 Å². The maximum Gasteiger partial charge on any atom is 0.408 e. The third-order valence-electron chi connectivity index (χ3n) is 3.68. The van der Waals surface area contributed by atoms with Crippen LogP contribution >= 0.6 is 7.37 Å². The predicted octanol–water partition coefficient (Wildman–Crippen LogP) is 1.38. The highest BCUT2D eigenvalue weighted by molar-refractivity contribution is 7.58. The highest BCUT2D eigenvalue weighted by atomic mass is 31.2. The fourth-order valence-electron chi connectivity index (χ4n) is 2.19. The lowest BCUT2D eigenvalue weighted by Crippen LogP contribution is -2.41. The molecular formula is C17H22NO9P. The van der Waals surface area contributed by atoms with E-state index in [1.807, 2.05) is 0 Å². The smallest absolute Gasteiger partial charge is 0.408 e. The predicted molar refractivity (Wildman–Crippen MR) is 97.9 cm³/mol. The van der Waals surface area contributed by atoms with Crippen molar-refractivity contribution in [1.29, 1.82) is 0 Å². The van der Waals surface area contributed by atoms with Crippen LogP contribution in [0.3, 0.4) is 0 Å². The van der Waals surface area contributed by atoms with Crippen LogP contribution in [0.15, 0.2) is 42.0 Å². The van der Waals surface area contributed by atoms with Gasteiger partial charge in [0.25, 0.3) is 0 Å². The number of carboxylic acids is 2. The third kappa shape index (κ3) is 7.91. The Morgan fingerprint density at radius 2 is 1.82 bits per heavy atom. The molecule has 1 aromatic carbocycles. The molecule has 0 fully saturated rings. The van der Waals surface area contributed by atoms with Crippen LogP contribution in [0.25, 0.3) is 0 Å². The number of hydrogen-bond acceptors (Lipinski definition) is 6. The molecule has 0 spiro atoms. The average molecular weight is 415 g/mol. The Morgan fingerprint density at radius 1 is 1.21 bits per heavy atom. The minimum Gasteiger partial charge on any atom is -0.480 e. The van der Waals surface area contributed by atoms with Crippen LogP contribution in [-0.4, -0.2) is 56.3 Å². The van der Waals surface area contributed by atoms with Gasteiger partial charge in [-0.25, -0.2) is 14.4 Å². The highest BCUT2D eigenvalue weighted by Crippen LogP contribution is 2.48. The van der Waals surface area contributed by atoms with Gasteiger partial charge < -0.3 is 30.3 Å². The number of aliphatic carboxylic acids is 2. The molecule has 11 heteroatoms. The summed E-state index contributed by atoms with van der Waals surface area (Å²) in [5, 5.41) is 29.7. The van der Waals surface area contributed by atoms with Crippen molar-refractivity contribution in [1.82, 2.24) is 5.32 Å². The van der Waals surface area contributed by atoms with Gasteiger partial charge in [-0.15, -0.1) is 0 Å². The van der Waals surface area contributed by atoms with E-state index in [1.165, 1.54) is 0 Å². The number of aliphatic hydroxyl groups excluding tert-OH is 1. The summed E-state index contributed by atoms with van der Waals surface area (Å²) < 4.78 is 17.1. The lowest BCUT2D eigenvalue weighted by atomic mass is 10.2. The number of amides is 1. The van der Waals surface area contributed by atoms with Gasteiger partial charge in [0, 0.05) is 12.2 Å². The Bertz CT molecular complexity index is 778. The fourth-order valence-corrected chi connectivity index (χ4v) is 3.77. The first-order valence-corrected chi connectivity index (χ1v) is 10.0. The Kier molecular flexibility index (Phi) is 8.84. The van der Waals surface area contributed by atoms with Gasteiger partial charge in [0.15, 0.2) is 5.85 Å². The molecule has 0 aliphatic carbocycles. The molecular weight excluding hydrogens is 393 g/mol. The van der Waals surface area contributed by atoms with Crippen LogP contribution in [0.1, 0.15) is 18.9 Å². The molecule has 10 nitrogen and oxygen atoms in total. The Balaban J connectivity index is 2.64. The van der Waals surface area contributed by atoms with Gasteiger partial charge in [0.1, 0.15) is 12.6 Å².